The largest absolute Gasteiger partial charge is 0.480 e. The first-order chi connectivity index (χ1) is 14.9. The van der Waals surface area contributed by atoms with Gasteiger partial charge in [-0.05, 0) is 62.0 Å². The summed E-state index contributed by atoms with van der Waals surface area (Å²) in [7, 11) is 0. The number of halogens is 1. The number of aromatic nitrogens is 1. The van der Waals surface area contributed by atoms with Gasteiger partial charge in [0.15, 0.2) is 0 Å². The quantitative estimate of drug-likeness (QED) is 0.600. The average Bonchev–Trinajstić information content (AvgIpc) is 3.06. The third-order valence-electron chi connectivity index (χ3n) is 6.09. The van der Waals surface area contributed by atoms with Crippen molar-refractivity contribution >= 4 is 22.8 Å². The van der Waals surface area contributed by atoms with E-state index in [4.69, 9.17) is 0 Å². The van der Waals surface area contributed by atoms with Gasteiger partial charge in [-0.2, -0.15) is 0 Å². The molecular weight excluding hydrogens is 399 g/mol. The topological polar surface area (TPSA) is 82.8 Å². The van der Waals surface area contributed by atoms with Gasteiger partial charge >= 0.3 is 11.9 Å². The normalized spacial score (nSPS) is 16.4. The molecule has 0 radical (unpaired) electrons. The first kappa shape index (κ1) is 21.1. The number of carbonyl (C=O) groups is 2. The number of carboxylic acids is 2. The van der Waals surface area contributed by atoms with E-state index in [1.54, 1.807) is 6.20 Å². The Hall–Kier alpha value is -3.19. The fourth-order valence-corrected chi connectivity index (χ4v) is 4.64. The van der Waals surface area contributed by atoms with Crippen LogP contribution in [0.3, 0.4) is 0 Å². The van der Waals surface area contributed by atoms with E-state index in [-0.39, 0.29) is 6.54 Å². The van der Waals surface area contributed by atoms with E-state index in [9.17, 15) is 24.2 Å². The molecule has 2 aromatic carbocycles. The lowest BCUT2D eigenvalue weighted by Crippen LogP contribution is -2.40. The van der Waals surface area contributed by atoms with Crippen LogP contribution in [-0.4, -0.2) is 44.7 Å². The van der Waals surface area contributed by atoms with Crippen LogP contribution in [0.2, 0.25) is 0 Å². The Morgan fingerprint density at radius 3 is 2.42 bits per heavy atom. The fraction of sp³-hybridized carbons (Fsp3) is 0.333. The zero-order valence-corrected chi connectivity index (χ0v) is 17.1. The lowest BCUT2D eigenvalue weighted by molar-refractivity contribution is -0.144. The first-order valence-corrected chi connectivity index (χ1v) is 10.4. The van der Waals surface area contributed by atoms with Crippen molar-refractivity contribution in [1.29, 1.82) is 0 Å². The second-order valence-corrected chi connectivity index (χ2v) is 8.18. The van der Waals surface area contributed by atoms with Crippen molar-refractivity contribution in [3.63, 3.8) is 0 Å². The zero-order chi connectivity index (χ0) is 22.0. The molecule has 3 aromatic rings. The van der Waals surface area contributed by atoms with Gasteiger partial charge in [-0.1, -0.05) is 30.3 Å². The van der Waals surface area contributed by atoms with Crippen LogP contribution in [0, 0.1) is 11.7 Å². The lowest BCUT2D eigenvalue weighted by Gasteiger charge is -2.35. The van der Waals surface area contributed by atoms with Crippen LogP contribution in [0.1, 0.15) is 30.0 Å². The number of rotatable bonds is 7. The van der Waals surface area contributed by atoms with Crippen molar-refractivity contribution in [1.82, 2.24) is 9.47 Å². The van der Waals surface area contributed by atoms with E-state index < -0.39 is 23.8 Å². The van der Waals surface area contributed by atoms with Gasteiger partial charge in [-0.15, -0.1) is 0 Å². The Labute approximate surface area is 179 Å². The minimum atomic E-state index is -1.07. The molecule has 0 amide bonds. The molecule has 6 nitrogen and oxygen atoms in total. The van der Waals surface area contributed by atoms with Gasteiger partial charge in [0.25, 0.3) is 0 Å². The van der Waals surface area contributed by atoms with E-state index in [1.165, 1.54) is 28.3 Å². The number of piperidine rings is 1. The van der Waals surface area contributed by atoms with Crippen molar-refractivity contribution in [3.05, 3.63) is 71.7 Å². The fourth-order valence-electron chi connectivity index (χ4n) is 4.64. The van der Waals surface area contributed by atoms with Gasteiger partial charge in [-0.25, -0.2) is 4.39 Å². The summed E-state index contributed by atoms with van der Waals surface area (Å²) >= 11 is 0. The Morgan fingerprint density at radius 1 is 1.06 bits per heavy atom. The third-order valence-corrected chi connectivity index (χ3v) is 6.09. The molecule has 4 rings (SSSR count). The molecule has 1 saturated heterocycles. The molecule has 1 atom stereocenters. The smallest absolute Gasteiger partial charge is 0.325 e. The summed E-state index contributed by atoms with van der Waals surface area (Å²) in [6.07, 6.45) is 4.30. The van der Waals surface area contributed by atoms with Crippen molar-refractivity contribution in [3.8, 4) is 0 Å². The molecule has 0 saturated carbocycles. The van der Waals surface area contributed by atoms with Crippen LogP contribution in [0.25, 0.3) is 10.9 Å². The first-order valence-electron chi connectivity index (χ1n) is 10.4. The second kappa shape index (κ2) is 8.89. The monoisotopic (exact) mass is 424 g/mol. The van der Waals surface area contributed by atoms with Crippen LogP contribution in [0.4, 0.5) is 4.39 Å². The molecule has 0 bridgehead atoms. The molecule has 1 aliphatic heterocycles. The molecule has 7 heteroatoms. The number of benzene rings is 2. The maximum Gasteiger partial charge on any atom is 0.325 e. The van der Waals surface area contributed by atoms with Gasteiger partial charge in [-0.3, -0.25) is 14.5 Å². The summed E-state index contributed by atoms with van der Waals surface area (Å²) in [6.45, 7) is 0.925. The third kappa shape index (κ3) is 4.61. The SMILES string of the molecule is O=C(O)Cn1cc(C(C(=O)O)N2CCC(Cc3ccccc3)CC2)c2ccc(F)cc21. The maximum atomic E-state index is 13.8. The number of nitrogens with zero attached hydrogens (tertiary/aromatic N) is 2. The van der Waals surface area contributed by atoms with Crippen LogP contribution >= 0.6 is 0 Å². The molecular formula is C24H25FN2O4. The highest BCUT2D eigenvalue weighted by Crippen LogP contribution is 2.34. The second-order valence-electron chi connectivity index (χ2n) is 8.18. The molecule has 2 N–H and O–H groups in total. The molecule has 1 fully saturated rings. The highest BCUT2D eigenvalue weighted by molar-refractivity contribution is 5.90. The number of hydrogen-bond donors (Lipinski definition) is 2. The van der Waals surface area contributed by atoms with E-state index in [2.05, 4.69) is 12.1 Å². The van der Waals surface area contributed by atoms with E-state index in [0.717, 1.165) is 19.3 Å². The molecule has 1 unspecified atom stereocenters. The Bertz CT molecular complexity index is 1090. The highest BCUT2D eigenvalue weighted by Gasteiger charge is 2.33. The number of carboxylic acid groups (broad SMARTS) is 2. The molecule has 1 aromatic heterocycles. The van der Waals surface area contributed by atoms with Gasteiger partial charge in [0.05, 0.1) is 5.52 Å². The van der Waals surface area contributed by atoms with Crippen molar-refractivity contribution in [2.45, 2.75) is 31.8 Å². The van der Waals surface area contributed by atoms with Crippen LogP contribution in [0.15, 0.2) is 54.7 Å². The predicted molar refractivity (Wildman–Crippen MR) is 114 cm³/mol. The Balaban J connectivity index is 1.58. The Morgan fingerprint density at radius 2 is 1.77 bits per heavy atom. The summed E-state index contributed by atoms with van der Waals surface area (Å²) < 4.78 is 15.2. The van der Waals surface area contributed by atoms with E-state index in [1.807, 2.05) is 23.1 Å². The lowest BCUT2D eigenvalue weighted by atomic mass is 9.89. The van der Waals surface area contributed by atoms with Crippen LogP contribution in [-0.2, 0) is 22.6 Å². The standard InChI is InChI=1S/C24H25FN2O4/c25-18-6-7-19-20(14-27(15-22(28)29)21(19)13-18)23(24(30)31)26-10-8-17(9-11-26)12-16-4-2-1-3-5-16/h1-7,13-14,17,23H,8-12,15H2,(H,28,29)(H,30,31). The summed E-state index contributed by atoms with van der Waals surface area (Å²) in [5.41, 5.74) is 2.18. The summed E-state index contributed by atoms with van der Waals surface area (Å²) in [5, 5.41) is 19.8. The molecule has 162 valence electrons. The van der Waals surface area contributed by atoms with Gasteiger partial charge < -0.3 is 14.8 Å². The molecule has 2 heterocycles. The number of hydrogen-bond acceptors (Lipinski definition) is 3. The van der Waals surface area contributed by atoms with Crippen LogP contribution in [0.5, 0.6) is 0 Å². The molecule has 0 spiro atoms. The Kier molecular flexibility index (Phi) is 6.04. The van der Waals surface area contributed by atoms with E-state index >= 15 is 0 Å². The number of aliphatic carboxylic acids is 2. The minimum Gasteiger partial charge on any atom is -0.480 e. The summed E-state index contributed by atoms with van der Waals surface area (Å²) in [4.78, 5) is 25.5. The molecule has 1 aliphatic rings. The van der Waals surface area contributed by atoms with Gasteiger partial charge in [0, 0.05) is 17.1 Å². The predicted octanol–water partition coefficient (Wildman–Crippen LogP) is 3.95. The average molecular weight is 424 g/mol. The molecule has 0 aliphatic carbocycles. The van der Waals surface area contributed by atoms with Crippen LogP contribution < -0.4 is 0 Å². The number of likely N-dealkylation sites (tertiary alicyclic amines) is 1. The molecule has 31 heavy (non-hydrogen) atoms. The van der Waals surface area contributed by atoms with Crippen molar-refractivity contribution < 1.29 is 24.2 Å². The van der Waals surface area contributed by atoms with Crippen molar-refractivity contribution in [2.24, 2.45) is 5.92 Å². The van der Waals surface area contributed by atoms with E-state index in [0.29, 0.717) is 35.5 Å². The number of fused-ring (bicyclic) bond motifs is 1. The van der Waals surface area contributed by atoms with Gasteiger partial charge in [0.2, 0.25) is 0 Å². The highest BCUT2D eigenvalue weighted by atomic mass is 19.1. The summed E-state index contributed by atoms with van der Waals surface area (Å²) in [5.74, 6) is -2.05. The minimum absolute atomic E-state index is 0.356. The zero-order valence-electron chi connectivity index (χ0n) is 17.1. The van der Waals surface area contributed by atoms with Crippen molar-refractivity contribution in [2.75, 3.05) is 13.1 Å². The van der Waals surface area contributed by atoms with Gasteiger partial charge in [0.1, 0.15) is 18.4 Å². The maximum absolute atomic E-state index is 13.8. The summed E-state index contributed by atoms with van der Waals surface area (Å²) in [6, 6.07) is 13.5.